The number of anilines is 1. The van der Waals surface area contributed by atoms with Gasteiger partial charge in [-0.25, -0.2) is 0 Å². The molecule has 1 N–H and O–H groups in total. The van der Waals surface area contributed by atoms with E-state index in [4.69, 9.17) is 4.74 Å². The minimum absolute atomic E-state index is 0.0778. The number of Topliss-reactive ketones (excluding diaryl/α,β-unsaturated/α-hetero) is 1. The molecule has 1 heterocycles. The van der Waals surface area contributed by atoms with Crippen LogP contribution in [0.4, 0.5) is 5.69 Å². The third kappa shape index (κ3) is 4.27. The van der Waals surface area contributed by atoms with Crippen LogP contribution in [0, 0.1) is 6.92 Å². The van der Waals surface area contributed by atoms with Gasteiger partial charge in [0.25, 0.3) is 11.7 Å². The second kappa shape index (κ2) is 9.33. The smallest absolute Gasteiger partial charge is 0.300 e. The Balaban J connectivity index is 1.88. The Kier molecular flexibility index (Phi) is 6.31. The molecule has 1 saturated heterocycles. The molecule has 0 saturated carbocycles. The topological polar surface area (TPSA) is 66.8 Å². The van der Waals surface area contributed by atoms with Gasteiger partial charge in [0.15, 0.2) is 0 Å². The van der Waals surface area contributed by atoms with Gasteiger partial charge in [0.1, 0.15) is 11.5 Å². The predicted molar refractivity (Wildman–Crippen MR) is 129 cm³/mol. The number of ketones is 1. The summed E-state index contributed by atoms with van der Waals surface area (Å²) in [7, 11) is 0. The summed E-state index contributed by atoms with van der Waals surface area (Å²) in [6.07, 6.45) is 0.866. The first-order valence-corrected chi connectivity index (χ1v) is 11.1. The fourth-order valence-corrected chi connectivity index (χ4v) is 4.09. The molecule has 1 atom stereocenters. The molecule has 0 bridgehead atoms. The van der Waals surface area contributed by atoms with Gasteiger partial charge in [-0.2, -0.15) is 0 Å². The molecule has 4 rings (SSSR count). The quantitative estimate of drug-likeness (QED) is 0.308. The lowest BCUT2D eigenvalue weighted by atomic mass is 9.94. The molecular weight excluding hydrogens is 414 g/mol. The molecule has 168 valence electrons. The first-order chi connectivity index (χ1) is 15.9. The van der Waals surface area contributed by atoms with Crippen molar-refractivity contribution in [3.8, 4) is 5.75 Å². The molecule has 3 aromatic rings. The second-order valence-corrected chi connectivity index (χ2v) is 8.06. The highest BCUT2D eigenvalue weighted by atomic mass is 16.5. The summed E-state index contributed by atoms with van der Waals surface area (Å²) < 4.78 is 5.55. The van der Waals surface area contributed by atoms with E-state index < -0.39 is 17.7 Å². The van der Waals surface area contributed by atoms with Crippen molar-refractivity contribution >= 4 is 23.1 Å². The van der Waals surface area contributed by atoms with Crippen molar-refractivity contribution in [2.75, 3.05) is 11.5 Å². The van der Waals surface area contributed by atoms with Gasteiger partial charge >= 0.3 is 0 Å². The van der Waals surface area contributed by atoms with Gasteiger partial charge in [-0.1, -0.05) is 61.0 Å². The molecule has 1 aliphatic heterocycles. The Hall–Kier alpha value is -3.86. The van der Waals surface area contributed by atoms with E-state index in [0.717, 1.165) is 17.5 Å². The average molecular weight is 442 g/mol. The van der Waals surface area contributed by atoms with E-state index in [9.17, 15) is 14.7 Å². The number of carbonyl (C=O) groups is 2. The molecule has 1 fully saturated rings. The summed E-state index contributed by atoms with van der Waals surface area (Å²) in [5, 5.41) is 11.2. The number of hydrogen-bond donors (Lipinski definition) is 1. The number of rotatable bonds is 6. The maximum atomic E-state index is 13.2. The van der Waals surface area contributed by atoms with E-state index >= 15 is 0 Å². The number of ether oxygens (including phenoxy) is 1. The molecule has 1 amide bonds. The fourth-order valence-electron chi connectivity index (χ4n) is 4.09. The second-order valence-electron chi connectivity index (χ2n) is 8.06. The number of carbonyl (C=O) groups excluding carboxylic acids is 2. The number of amides is 1. The molecule has 0 aliphatic carbocycles. The zero-order valence-electron chi connectivity index (χ0n) is 19.0. The first-order valence-electron chi connectivity index (χ1n) is 11.1. The number of benzene rings is 3. The van der Waals surface area contributed by atoms with Crippen LogP contribution in [0.1, 0.15) is 42.1 Å². The lowest BCUT2D eigenvalue weighted by Gasteiger charge is -2.25. The van der Waals surface area contributed by atoms with Crippen LogP contribution in [0.3, 0.4) is 0 Å². The van der Waals surface area contributed by atoms with E-state index in [1.165, 1.54) is 4.90 Å². The maximum Gasteiger partial charge on any atom is 0.300 e. The van der Waals surface area contributed by atoms with Crippen LogP contribution in [0.2, 0.25) is 0 Å². The zero-order valence-corrected chi connectivity index (χ0v) is 19.0. The molecule has 1 unspecified atom stereocenters. The van der Waals surface area contributed by atoms with Crippen molar-refractivity contribution in [2.24, 2.45) is 0 Å². The Labute approximate surface area is 193 Å². The van der Waals surface area contributed by atoms with E-state index in [0.29, 0.717) is 29.2 Å². The van der Waals surface area contributed by atoms with Gasteiger partial charge in [-0.05, 0) is 55.7 Å². The lowest BCUT2D eigenvalue weighted by molar-refractivity contribution is -0.132. The van der Waals surface area contributed by atoms with E-state index in [2.05, 4.69) is 0 Å². The van der Waals surface area contributed by atoms with Gasteiger partial charge in [0.2, 0.25) is 0 Å². The monoisotopic (exact) mass is 441 g/mol. The Morgan fingerprint density at radius 1 is 0.909 bits per heavy atom. The van der Waals surface area contributed by atoms with Crippen LogP contribution in [-0.2, 0) is 16.0 Å². The third-order valence-electron chi connectivity index (χ3n) is 5.90. The number of aliphatic hydroxyl groups excluding tert-OH is 1. The van der Waals surface area contributed by atoms with Crippen LogP contribution in [0.25, 0.3) is 5.76 Å². The molecule has 0 spiro atoms. The highest BCUT2D eigenvalue weighted by molar-refractivity contribution is 6.51. The van der Waals surface area contributed by atoms with E-state index in [-0.39, 0.29) is 11.3 Å². The molecule has 5 nitrogen and oxygen atoms in total. The summed E-state index contributed by atoms with van der Waals surface area (Å²) in [5.41, 5.74) is 4.06. The van der Waals surface area contributed by atoms with Crippen molar-refractivity contribution < 1.29 is 19.4 Å². The summed E-state index contributed by atoms with van der Waals surface area (Å²) in [5.74, 6) is -0.843. The SMILES string of the molecule is CCOc1ccc(C2/C(=C(\O)c3ccc(CC)cc3)C(=O)C(=O)N2c2ccc(C)cc2)cc1. The Bertz CT molecular complexity index is 1190. The summed E-state index contributed by atoms with van der Waals surface area (Å²) in [6.45, 7) is 6.45. The molecule has 0 aromatic heterocycles. The lowest BCUT2D eigenvalue weighted by Crippen LogP contribution is -2.29. The van der Waals surface area contributed by atoms with Gasteiger partial charge in [-0.15, -0.1) is 0 Å². The molecule has 0 radical (unpaired) electrons. The Morgan fingerprint density at radius 2 is 1.55 bits per heavy atom. The number of aryl methyl sites for hydroxylation is 2. The zero-order chi connectivity index (χ0) is 23.5. The highest BCUT2D eigenvalue weighted by Gasteiger charge is 2.46. The van der Waals surface area contributed by atoms with Crippen LogP contribution >= 0.6 is 0 Å². The number of hydrogen-bond acceptors (Lipinski definition) is 4. The van der Waals surface area contributed by atoms with Crippen LogP contribution in [-0.4, -0.2) is 23.4 Å². The van der Waals surface area contributed by atoms with Crippen molar-refractivity contribution in [1.29, 1.82) is 0 Å². The minimum atomic E-state index is -0.755. The fraction of sp³-hybridized carbons (Fsp3) is 0.214. The van der Waals surface area contributed by atoms with Crippen LogP contribution in [0.15, 0.2) is 78.4 Å². The molecule has 1 aliphatic rings. The average Bonchev–Trinajstić information content (AvgIpc) is 3.10. The van der Waals surface area contributed by atoms with Gasteiger partial charge in [0.05, 0.1) is 18.2 Å². The Morgan fingerprint density at radius 3 is 2.12 bits per heavy atom. The third-order valence-corrected chi connectivity index (χ3v) is 5.90. The van der Waals surface area contributed by atoms with Crippen molar-refractivity contribution in [3.05, 3.63) is 101 Å². The van der Waals surface area contributed by atoms with Crippen molar-refractivity contribution in [3.63, 3.8) is 0 Å². The van der Waals surface area contributed by atoms with Gasteiger partial charge in [-0.3, -0.25) is 14.5 Å². The summed E-state index contributed by atoms with van der Waals surface area (Å²) in [6, 6.07) is 21.3. The largest absolute Gasteiger partial charge is 0.507 e. The summed E-state index contributed by atoms with van der Waals surface area (Å²) >= 11 is 0. The van der Waals surface area contributed by atoms with Crippen molar-refractivity contribution in [1.82, 2.24) is 0 Å². The number of nitrogens with zero attached hydrogens (tertiary/aromatic N) is 1. The molecule has 3 aromatic carbocycles. The first kappa shape index (κ1) is 22.3. The van der Waals surface area contributed by atoms with Gasteiger partial charge < -0.3 is 9.84 Å². The van der Waals surface area contributed by atoms with Gasteiger partial charge in [0, 0.05) is 11.3 Å². The number of aliphatic hydroxyl groups is 1. The highest BCUT2D eigenvalue weighted by Crippen LogP contribution is 2.42. The summed E-state index contributed by atoms with van der Waals surface area (Å²) in [4.78, 5) is 27.9. The van der Waals surface area contributed by atoms with E-state index in [1.54, 1.807) is 12.1 Å². The van der Waals surface area contributed by atoms with E-state index in [1.807, 2.05) is 81.4 Å². The van der Waals surface area contributed by atoms with Crippen LogP contribution in [0.5, 0.6) is 5.75 Å². The maximum absolute atomic E-state index is 13.2. The molecule has 5 heteroatoms. The predicted octanol–water partition coefficient (Wildman–Crippen LogP) is 5.58. The van der Waals surface area contributed by atoms with Crippen molar-refractivity contribution in [2.45, 2.75) is 33.2 Å². The standard InChI is InChI=1S/C28H27NO4/c1-4-19-8-10-21(11-9-19)26(30)24-25(20-12-16-23(17-13-20)33-5-2)29(28(32)27(24)31)22-14-6-18(3)7-15-22/h6-17,25,30H,4-5H2,1-3H3/b26-24+. The normalized spacial score (nSPS) is 17.4. The minimum Gasteiger partial charge on any atom is -0.507 e. The van der Waals surface area contributed by atoms with Crippen LogP contribution < -0.4 is 9.64 Å². The molecular formula is C28H27NO4. The molecule has 33 heavy (non-hydrogen) atoms.